The highest BCUT2D eigenvalue weighted by Crippen LogP contribution is 2.18. The lowest BCUT2D eigenvalue weighted by Gasteiger charge is -2.25. The van der Waals surface area contributed by atoms with Crippen molar-refractivity contribution in [1.29, 1.82) is 0 Å². The van der Waals surface area contributed by atoms with Crippen LogP contribution in [0.1, 0.15) is 13.8 Å². The van der Waals surface area contributed by atoms with E-state index < -0.39 is 12.1 Å². The third-order valence-corrected chi connectivity index (χ3v) is 3.71. The highest BCUT2D eigenvalue weighted by Gasteiger charge is 2.23. The van der Waals surface area contributed by atoms with Gasteiger partial charge in [-0.1, -0.05) is 34.1 Å². The van der Waals surface area contributed by atoms with Crippen LogP contribution in [-0.2, 0) is 9.59 Å². The molecule has 0 fully saturated rings. The molecule has 1 aromatic carbocycles. The van der Waals surface area contributed by atoms with Gasteiger partial charge >= 0.3 is 0 Å². The van der Waals surface area contributed by atoms with E-state index in [4.69, 9.17) is 4.74 Å². The van der Waals surface area contributed by atoms with Crippen LogP contribution < -0.4 is 10.1 Å². The highest BCUT2D eigenvalue weighted by molar-refractivity contribution is 9.10. The van der Waals surface area contributed by atoms with Crippen molar-refractivity contribution < 1.29 is 14.3 Å². The molecule has 1 N–H and O–H groups in total. The van der Waals surface area contributed by atoms with E-state index in [2.05, 4.69) is 34.4 Å². The Labute approximate surface area is 151 Å². The van der Waals surface area contributed by atoms with E-state index in [-0.39, 0.29) is 11.8 Å². The number of halogens is 1. The number of ether oxygens (including phenoxy) is 1. The Morgan fingerprint density at radius 2 is 1.92 bits per heavy atom. The molecule has 1 aromatic rings. The van der Waals surface area contributed by atoms with Crippen LogP contribution in [0.4, 0.5) is 0 Å². The van der Waals surface area contributed by atoms with Crippen molar-refractivity contribution in [3.8, 4) is 5.75 Å². The molecule has 0 bridgehead atoms. The van der Waals surface area contributed by atoms with Crippen LogP contribution in [-0.4, -0.2) is 41.9 Å². The molecule has 0 aliphatic rings. The highest BCUT2D eigenvalue weighted by atomic mass is 79.9. The SMILES string of the molecule is C=CCN(CC=C)C(=O)C(C)NC(=O)C(C)Oc1cccc(Br)c1. The first kappa shape index (κ1) is 20.0. The number of amides is 2. The molecule has 2 unspecified atom stereocenters. The summed E-state index contributed by atoms with van der Waals surface area (Å²) in [5.41, 5.74) is 0. The van der Waals surface area contributed by atoms with Crippen LogP contribution in [0.25, 0.3) is 0 Å². The third-order valence-electron chi connectivity index (χ3n) is 3.22. The van der Waals surface area contributed by atoms with Gasteiger partial charge in [0.2, 0.25) is 5.91 Å². The first-order valence-electron chi connectivity index (χ1n) is 7.62. The number of benzene rings is 1. The first-order chi connectivity index (χ1) is 11.4. The topological polar surface area (TPSA) is 58.6 Å². The van der Waals surface area contributed by atoms with Gasteiger partial charge in [0.05, 0.1) is 0 Å². The van der Waals surface area contributed by atoms with Crippen molar-refractivity contribution in [2.45, 2.75) is 26.0 Å². The fourth-order valence-corrected chi connectivity index (χ4v) is 2.41. The van der Waals surface area contributed by atoms with Crippen molar-refractivity contribution in [2.75, 3.05) is 13.1 Å². The zero-order chi connectivity index (χ0) is 18.1. The smallest absolute Gasteiger partial charge is 0.261 e. The molecule has 0 radical (unpaired) electrons. The summed E-state index contributed by atoms with van der Waals surface area (Å²) < 4.78 is 6.46. The molecule has 0 aliphatic carbocycles. The van der Waals surface area contributed by atoms with Gasteiger partial charge in [-0.25, -0.2) is 0 Å². The fourth-order valence-electron chi connectivity index (χ4n) is 2.03. The largest absolute Gasteiger partial charge is 0.481 e. The van der Waals surface area contributed by atoms with Gasteiger partial charge in [0.1, 0.15) is 11.8 Å². The van der Waals surface area contributed by atoms with Gasteiger partial charge < -0.3 is 15.0 Å². The predicted octanol–water partition coefficient (Wildman–Crippen LogP) is 2.92. The minimum absolute atomic E-state index is 0.196. The van der Waals surface area contributed by atoms with Gasteiger partial charge in [-0.15, -0.1) is 13.2 Å². The van der Waals surface area contributed by atoms with E-state index in [0.717, 1.165) is 4.47 Å². The van der Waals surface area contributed by atoms with Gasteiger partial charge in [0.15, 0.2) is 6.10 Å². The van der Waals surface area contributed by atoms with Gasteiger partial charge in [-0.2, -0.15) is 0 Å². The third kappa shape index (κ3) is 6.20. The average molecular weight is 395 g/mol. The molecule has 0 heterocycles. The first-order valence-corrected chi connectivity index (χ1v) is 8.41. The molecule has 6 heteroatoms. The lowest BCUT2D eigenvalue weighted by atomic mass is 10.2. The van der Waals surface area contributed by atoms with Crippen molar-refractivity contribution in [1.82, 2.24) is 10.2 Å². The molecule has 0 aromatic heterocycles. The molecule has 130 valence electrons. The molecule has 0 aliphatic heterocycles. The van der Waals surface area contributed by atoms with Crippen LogP contribution in [0.5, 0.6) is 5.75 Å². The van der Waals surface area contributed by atoms with Gasteiger partial charge in [0, 0.05) is 17.6 Å². The van der Waals surface area contributed by atoms with Gasteiger partial charge in [-0.3, -0.25) is 9.59 Å². The zero-order valence-corrected chi connectivity index (χ0v) is 15.6. The normalized spacial score (nSPS) is 12.6. The maximum Gasteiger partial charge on any atom is 0.261 e. The van der Waals surface area contributed by atoms with E-state index in [1.54, 1.807) is 43.0 Å². The van der Waals surface area contributed by atoms with Crippen molar-refractivity contribution in [2.24, 2.45) is 0 Å². The molecule has 0 saturated carbocycles. The number of carbonyl (C=O) groups excluding carboxylic acids is 2. The van der Waals surface area contributed by atoms with Crippen LogP contribution >= 0.6 is 15.9 Å². The van der Waals surface area contributed by atoms with Crippen molar-refractivity contribution in [3.63, 3.8) is 0 Å². The zero-order valence-electron chi connectivity index (χ0n) is 14.0. The Morgan fingerprint density at radius 1 is 1.29 bits per heavy atom. The molecule has 0 spiro atoms. The summed E-state index contributed by atoms with van der Waals surface area (Å²) >= 11 is 3.35. The lowest BCUT2D eigenvalue weighted by molar-refractivity contribution is -0.137. The molecule has 2 atom stereocenters. The molecule has 2 amide bonds. The van der Waals surface area contributed by atoms with E-state index in [1.165, 1.54) is 0 Å². The number of nitrogens with zero attached hydrogens (tertiary/aromatic N) is 1. The maximum absolute atomic E-state index is 12.4. The Bertz CT molecular complexity index is 594. The van der Waals surface area contributed by atoms with Crippen LogP contribution in [0.15, 0.2) is 54.0 Å². The summed E-state index contributed by atoms with van der Waals surface area (Å²) in [6, 6.07) is 6.56. The molecule has 1 rings (SSSR count). The minimum Gasteiger partial charge on any atom is -0.481 e. The quantitative estimate of drug-likeness (QED) is 0.655. The van der Waals surface area contributed by atoms with E-state index in [0.29, 0.717) is 18.8 Å². The van der Waals surface area contributed by atoms with E-state index >= 15 is 0 Å². The number of rotatable bonds is 9. The average Bonchev–Trinajstić information content (AvgIpc) is 2.53. The summed E-state index contributed by atoms with van der Waals surface area (Å²) in [6.45, 7) is 11.3. The van der Waals surface area contributed by atoms with Crippen molar-refractivity contribution >= 4 is 27.7 Å². The summed E-state index contributed by atoms with van der Waals surface area (Å²) in [7, 11) is 0. The Hall–Kier alpha value is -2.08. The Morgan fingerprint density at radius 3 is 2.46 bits per heavy atom. The number of nitrogens with one attached hydrogen (secondary N) is 1. The molecule has 0 saturated heterocycles. The summed E-state index contributed by atoms with van der Waals surface area (Å²) in [5.74, 6) is 0.0248. The van der Waals surface area contributed by atoms with Crippen LogP contribution in [0.3, 0.4) is 0 Å². The van der Waals surface area contributed by atoms with Gasteiger partial charge in [-0.05, 0) is 32.0 Å². The number of carbonyl (C=O) groups is 2. The van der Waals surface area contributed by atoms with Gasteiger partial charge in [0.25, 0.3) is 5.91 Å². The summed E-state index contributed by atoms with van der Waals surface area (Å²) in [6.07, 6.45) is 2.55. The lowest BCUT2D eigenvalue weighted by Crippen LogP contribution is -2.50. The van der Waals surface area contributed by atoms with Crippen LogP contribution in [0, 0.1) is 0 Å². The fraction of sp³-hybridized carbons (Fsp3) is 0.333. The number of hydrogen-bond acceptors (Lipinski definition) is 3. The second-order valence-electron chi connectivity index (χ2n) is 5.27. The molecule has 5 nitrogen and oxygen atoms in total. The molecule has 24 heavy (non-hydrogen) atoms. The Balaban J connectivity index is 2.62. The number of hydrogen-bond donors (Lipinski definition) is 1. The molecular formula is C18H23BrN2O3. The molecular weight excluding hydrogens is 372 g/mol. The van der Waals surface area contributed by atoms with Crippen LogP contribution in [0.2, 0.25) is 0 Å². The Kier molecular flexibility index (Phi) is 8.26. The minimum atomic E-state index is -0.721. The predicted molar refractivity (Wildman–Crippen MR) is 98.8 cm³/mol. The second-order valence-corrected chi connectivity index (χ2v) is 6.18. The summed E-state index contributed by atoms with van der Waals surface area (Å²) in [4.78, 5) is 26.1. The monoisotopic (exact) mass is 394 g/mol. The van der Waals surface area contributed by atoms with Crippen molar-refractivity contribution in [3.05, 3.63) is 54.0 Å². The van der Waals surface area contributed by atoms with E-state index in [1.807, 2.05) is 12.1 Å². The maximum atomic E-state index is 12.4. The summed E-state index contributed by atoms with van der Waals surface area (Å²) in [5, 5.41) is 2.68. The van der Waals surface area contributed by atoms with E-state index in [9.17, 15) is 9.59 Å². The standard InChI is InChI=1S/C18H23BrN2O3/c1-5-10-21(11-6-2)18(23)13(3)20-17(22)14(4)24-16-9-7-8-15(19)12-16/h5-9,12-14H,1-2,10-11H2,3-4H3,(H,20,22). The second kappa shape index (κ2) is 9.93.